The zero-order valence-electron chi connectivity index (χ0n) is 18.7. The highest BCUT2D eigenvalue weighted by Gasteiger charge is 2.40. The van der Waals surface area contributed by atoms with Gasteiger partial charge in [0.25, 0.3) is 5.91 Å². The average Bonchev–Trinajstić information content (AvgIpc) is 3.29. The van der Waals surface area contributed by atoms with Gasteiger partial charge in [-0.15, -0.1) is 11.8 Å². The highest BCUT2D eigenvalue weighted by atomic mass is 35.5. The number of carbonyl (C=O) groups excluding carboxylic acids is 4. The summed E-state index contributed by atoms with van der Waals surface area (Å²) >= 11 is 13.9. The predicted molar refractivity (Wildman–Crippen MR) is 132 cm³/mol. The summed E-state index contributed by atoms with van der Waals surface area (Å²) < 4.78 is 4.93. The third-order valence-electron chi connectivity index (χ3n) is 5.66. The van der Waals surface area contributed by atoms with E-state index in [1.807, 2.05) is 12.2 Å². The van der Waals surface area contributed by atoms with E-state index in [9.17, 15) is 19.2 Å². The van der Waals surface area contributed by atoms with Crippen molar-refractivity contribution in [2.75, 3.05) is 18.7 Å². The number of hydrogen-bond donors (Lipinski definition) is 2. The molecule has 0 saturated carbocycles. The lowest BCUT2D eigenvalue weighted by Crippen LogP contribution is -2.57. The molecule has 3 amide bonds. The van der Waals surface area contributed by atoms with E-state index in [4.69, 9.17) is 27.9 Å². The number of nitrogens with zero attached hydrogens (tertiary/aromatic N) is 1. The molecule has 1 aliphatic heterocycles. The third-order valence-corrected chi connectivity index (χ3v) is 7.30. The van der Waals surface area contributed by atoms with Crippen molar-refractivity contribution < 1.29 is 23.9 Å². The molecule has 8 nitrogen and oxygen atoms in total. The monoisotopic (exact) mass is 525 g/mol. The Labute approximate surface area is 212 Å². The van der Waals surface area contributed by atoms with Gasteiger partial charge < -0.3 is 20.3 Å². The van der Waals surface area contributed by atoms with Crippen molar-refractivity contribution in [3.63, 3.8) is 0 Å². The van der Waals surface area contributed by atoms with E-state index < -0.39 is 35.4 Å². The summed E-state index contributed by atoms with van der Waals surface area (Å²) in [5, 5.41) is 6.04. The Hall–Kier alpha value is -2.49. The molecule has 1 fully saturated rings. The fraction of sp³-hybridized carbons (Fsp3) is 0.391. The fourth-order valence-electron chi connectivity index (χ4n) is 3.90. The molecule has 182 valence electrons. The molecule has 0 aromatic heterocycles. The minimum atomic E-state index is -1.07. The van der Waals surface area contributed by atoms with Gasteiger partial charge in [-0.05, 0) is 18.6 Å². The van der Waals surface area contributed by atoms with E-state index in [0.29, 0.717) is 18.1 Å². The van der Waals surface area contributed by atoms with E-state index in [2.05, 4.69) is 10.6 Å². The number of thioether (sulfide) groups is 1. The summed E-state index contributed by atoms with van der Waals surface area (Å²) in [7, 11) is 1.22. The van der Waals surface area contributed by atoms with Gasteiger partial charge in [-0.2, -0.15) is 0 Å². The van der Waals surface area contributed by atoms with Gasteiger partial charge >= 0.3 is 5.97 Å². The van der Waals surface area contributed by atoms with Crippen molar-refractivity contribution in [1.29, 1.82) is 0 Å². The van der Waals surface area contributed by atoms with Crippen molar-refractivity contribution in [2.45, 2.75) is 37.4 Å². The Morgan fingerprint density at radius 1 is 1.24 bits per heavy atom. The highest BCUT2D eigenvalue weighted by molar-refractivity contribution is 7.99. The number of ether oxygens (including phenoxy) is 1. The van der Waals surface area contributed by atoms with Gasteiger partial charge in [0, 0.05) is 19.1 Å². The largest absolute Gasteiger partial charge is 0.467 e. The van der Waals surface area contributed by atoms with E-state index >= 15 is 0 Å². The molecule has 1 saturated heterocycles. The smallest absolute Gasteiger partial charge is 0.328 e. The van der Waals surface area contributed by atoms with Crippen LogP contribution in [0.4, 0.5) is 0 Å². The van der Waals surface area contributed by atoms with Crippen LogP contribution in [0.3, 0.4) is 0 Å². The molecule has 0 spiro atoms. The molecule has 0 radical (unpaired) electrons. The van der Waals surface area contributed by atoms with Gasteiger partial charge in [-0.1, -0.05) is 53.6 Å². The first-order valence-corrected chi connectivity index (χ1v) is 12.4. The molecular formula is C23H25Cl2N3O5S. The molecule has 1 aliphatic carbocycles. The minimum Gasteiger partial charge on any atom is -0.467 e. The topological polar surface area (TPSA) is 105 Å². The lowest BCUT2D eigenvalue weighted by molar-refractivity contribution is -0.146. The van der Waals surface area contributed by atoms with Crippen LogP contribution in [0.2, 0.25) is 10.0 Å². The number of carbonyl (C=O) groups is 4. The molecule has 0 bridgehead atoms. The second kappa shape index (κ2) is 11.3. The number of benzene rings is 1. The summed E-state index contributed by atoms with van der Waals surface area (Å²) in [5.41, 5.74) is -0.905. The quantitative estimate of drug-likeness (QED) is 0.530. The number of halogens is 2. The zero-order chi connectivity index (χ0) is 24.9. The number of hydrogen-bond acceptors (Lipinski definition) is 6. The Morgan fingerprint density at radius 2 is 1.94 bits per heavy atom. The number of allylic oxidation sites excluding steroid dienone is 2. The van der Waals surface area contributed by atoms with Gasteiger partial charge in [0.2, 0.25) is 11.8 Å². The SMILES string of the molecule is COC(=O)[C@H](CC1(NC(=O)c2c(Cl)cccc2Cl)C=CC=CC1)NC(=O)[C@@H]1CSCN1C(C)=O. The van der Waals surface area contributed by atoms with Crippen LogP contribution < -0.4 is 10.6 Å². The molecule has 2 N–H and O–H groups in total. The van der Waals surface area contributed by atoms with Crippen LogP contribution in [-0.4, -0.2) is 65.0 Å². The summed E-state index contributed by atoms with van der Waals surface area (Å²) in [4.78, 5) is 52.1. The van der Waals surface area contributed by atoms with Crippen LogP contribution in [0.1, 0.15) is 30.1 Å². The lowest BCUT2D eigenvalue weighted by Gasteiger charge is -2.36. The molecule has 34 heavy (non-hydrogen) atoms. The van der Waals surface area contributed by atoms with Crippen LogP contribution in [0.25, 0.3) is 0 Å². The van der Waals surface area contributed by atoms with E-state index in [-0.39, 0.29) is 27.9 Å². The second-order valence-electron chi connectivity index (χ2n) is 7.99. The first-order valence-electron chi connectivity index (χ1n) is 10.5. The Kier molecular flexibility index (Phi) is 8.67. The lowest BCUT2D eigenvalue weighted by atomic mass is 9.84. The average molecular weight is 526 g/mol. The van der Waals surface area contributed by atoms with Crippen molar-refractivity contribution in [1.82, 2.24) is 15.5 Å². The van der Waals surface area contributed by atoms with Gasteiger partial charge in [-0.25, -0.2) is 4.79 Å². The normalized spacial score (nSPS) is 22.2. The summed E-state index contributed by atoms with van der Waals surface area (Å²) in [6, 6.07) is 2.99. The molecule has 11 heteroatoms. The fourth-order valence-corrected chi connectivity index (χ4v) is 5.69. The zero-order valence-corrected chi connectivity index (χ0v) is 21.0. The number of rotatable bonds is 7. The van der Waals surface area contributed by atoms with Crippen molar-refractivity contribution in [2.24, 2.45) is 0 Å². The molecule has 2 aliphatic rings. The first kappa shape index (κ1) is 26.1. The van der Waals surface area contributed by atoms with E-state index in [1.54, 1.807) is 30.4 Å². The third kappa shape index (κ3) is 5.95. The van der Waals surface area contributed by atoms with Crippen LogP contribution >= 0.6 is 35.0 Å². The Bertz CT molecular complexity index is 1030. The molecule has 3 rings (SSSR count). The maximum absolute atomic E-state index is 13.1. The van der Waals surface area contributed by atoms with E-state index in [1.165, 1.54) is 30.7 Å². The summed E-state index contributed by atoms with van der Waals surface area (Å²) in [6.07, 6.45) is 7.54. The second-order valence-corrected chi connectivity index (χ2v) is 9.81. The minimum absolute atomic E-state index is 0.0139. The Morgan fingerprint density at radius 3 is 2.53 bits per heavy atom. The van der Waals surface area contributed by atoms with Gasteiger partial charge in [0.15, 0.2) is 0 Å². The number of nitrogens with one attached hydrogen (secondary N) is 2. The van der Waals surface area contributed by atoms with Crippen LogP contribution in [0.5, 0.6) is 0 Å². The molecular weight excluding hydrogens is 501 g/mol. The highest BCUT2D eigenvalue weighted by Crippen LogP contribution is 2.29. The number of esters is 1. The maximum Gasteiger partial charge on any atom is 0.328 e. The van der Waals surface area contributed by atoms with Gasteiger partial charge in [0.1, 0.15) is 12.1 Å². The number of methoxy groups -OCH3 is 1. The van der Waals surface area contributed by atoms with Crippen LogP contribution in [-0.2, 0) is 19.1 Å². The molecule has 1 heterocycles. The molecule has 3 atom stereocenters. The summed E-state index contributed by atoms with van der Waals surface area (Å²) in [5.74, 6) is -1.03. The molecule has 1 aromatic carbocycles. The first-order chi connectivity index (χ1) is 16.2. The molecule has 1 aromatic rings. The van der Waals surface area contributed by atoms with Crippen LogP contribution in [0.15, 0.2) is 42.5 Å². The van der Waals surface area contributed by atoms with Crippen LogP contribution in [0, 0.1) is 0 Å². The van der Waals surface area contributed by atoms with Crippen molar-refractivity contribution in [3.8, 4) is 0 Å². The number of amides is 3. The molecule has 1 unspecified atom stereocenters. The van der Waals surface area contributed by atoms with Gasteiger partial charge in [0.05, 0.1) is 34.1 Å². The van der Waals surface area contributed by atoms with E-state index in [0.717, 1.165) is 0 Å². The Balaban J connectivity index is 1.84. The van der Waals surface area contributed by atoms with Gasteiger partial charge in [-0.3, -0.25) is 14.4 Å². The van der Waals surface area contributed by atoms with Crippen molar-refractivity contribution >= 4 is 58.7 Å². The standard InChI is InChI=1S/C23H25Cl2N3O5S/c1-14(29)28-13-34-12-18(28)20(30)26-17(22(32)33-2)11-23(9-4-3-5-10-23)27-21(31)19-15(24)7-6-8-16(19)25/h3-9,17-18H,10-13H2,1-2H3,(H,26,30)(H,27,31)/t17-,18-,23?/m0/s1. The predicted octanol–water partition coefficient (Wildman–Crippen LogP) is 2.95. The van der Waals surface area contributed by atoms with Crippen molar-refractivity contribution in [3.05, 3.63) is 58.1 Å². The summed E-state index contributed by atoms with van der Waals surface area (Å²) in [6.45, 7) is 1.40. The maximum atomic E-state index is 13.1.